The summed E-state index contributed by atoms with van der Waals surface area (Å²) in [6, 6.07) is 2.12. The first-order valence-electron chi connectivity index (χ1n) is 7.44. The van der Waals surface area contributed by atoms with Crippen LogP contribution < -0.4 is 0 Å². The van der Waals surface area contributed by atoms with Gasteiger partial charge in [0.25, 0.3) is 5.91 Å². The molecular formula is C14H26N2O4. The molecule has 6 nitrogen and oxygen atoms in total. The monoisotopic (exact) mass is 286 g/mol. The number of nitrogens with zero attached hydrogens (tertiary/aromatic N) is 2. The van der Waals surface area contributed by atoms with Crippen molar-refractivity contribution in [2.45, 2.75) is 52.0 Å². The second-order valence-electron chi connectivity index (χ2n) is 4.58. The van der Waals surface area contributed by atoms with Crippen LogP contribution in [-0.2, 0) is 19.0 Å². The molecule has 2 unspecified atom stereocenters. The Bertz CT molecular complexity index is 308. The SMILES string of the molecule is CCCCOC1(OCC)C(C#N)OCCN1OCCC. The average Bonchev–Trinajstić information content (AvgIpc) is 2.46. The minimum Gasteiger partial charge on any atom is -0.355 e. The molecule has 1 rings (SSSR count). The van der Waals surface area contributed by atoms with Crippen molar-refractivity contribution in [2.75, 3.05) is 33.0 Å². The van der Waals surface area contributed by atoms with E-state index in [0.29, 0.717) is 33.0 Å². The van der Waals surface area contributed by atoms with Crippen LogP contribution in [0.5, 0.6) is 0 Å². The molecule has 2 atom stereocenters. The molecule has 0 N–H and O–H groups in total. The lowest BCUT2D eigenvalue weighted by Gasteiger charge is -2.46. The molecular weight excluding hydrogens is 260 g/mol. The minimum atomic E-state index is -1.26. The van der Waals surface area contributed by atoms with E-state index in [9.17, 15) is 5.26 Å². The van der Waals surface area contributed by atoms with Gasteiger partial charge in [-0.3, -0.25) is 4.84 Å². The zero-order chi connectivity index (χ0) is 14.8. The Morgan fingerprint density at radius 1 is 1.25 bits per heavy atom. The molecule has 0 bridgehead atoms. The van der Waals surface area contributed by atoms with Crippen molar-refractivity contribution >= 4 is 0 Å². The Balaban J connectivity index is 2.88. The zero-order valence-corrected chi connectivity index (χ0v) is 12.8. The molecule has 1 saturated heterocycles. The van der Waals surface area contributed by atoms with Gasteiger partial charge in [-0.1, -0.05) is 20.3 Å². The number of hydroxylamine groups is 2. The maximum Gasteiger partial charge on any atom is 0.294 e. The van der Waals surface area contributed by atoms with E-state index in [4.69, 9.17) is 19.0 Å². The van der Waals surface area contributed by atoms with Gasteiger partial charge in [0.2, 0.25) is 6.10 Å². The number of rotatable bonds is 9. The summed E-state index contributed by atoms with van der Waals surface area (Å²) in [5.41, 5.74) is 0. The summed E-state index contributed by atoms with van der Waals surface area (Å²) in [7, 11) is 0. The zero-order valence-electron chi connectivity index (χ0n) is 12.8. The van der Waals surface area contributed by atoms with Gasteiger partial charge in [-0.25, -0.2) is 0 Å². The van der Waals surface area contributed by atoms with Crippen LogP contribution in [0.25, 0.3) is 0 Å². The highest BCUT2D eigenvalue weighted by atomic mass is 16.8. The third-order valence-electron chi connectivity index (χ3n) is 2.98. The van der Waals surface area contributed by atoms with Gasteiger partial charge in [0.1, 0.15) is 6.07 Å². The molecule has 1 aliphatic rings. The molecule has 0 spiro atoms. The number of morpholine rings is 1. The van der Waals surface area contributed by atoms with Gasteiger partial charge in [-0.15, -0.1) is 5.06 Å². The first kappa shape index (κ1) is 17.3. The summed E-state index contributed by atoms with van der Waals surface area (Å²) in [4.78, 5) is 5.72. The van der Waals surface area contributed by atoms with Crippen LogP contribution in [0.15, 0.2) is 0 Å². The molecule has 1 fully saturated rings. The van der Waals surface area contributed by atoms with E-state index in [1.165, 1.54) is 0 Å². The molecule has 0 aromatic carbocycles. The fraction of sp³-hybridized carbons (Fsp3) is 0.929. The van der Waals surface area contributed by atoms with Crippen molar-refractivity contribution < 1.29 is 19.0 Å². The fourth-order valence-electron chi connectivity index (χ4n) is 2.03. The second-order valence-corrected chi connectivity index (χ2v) is 4.58. The van der Waals surface area contributed by atoms with Crippen LogP contribution in [0.4, 0.5) is 0 Å². The quantitative estimate of drug-likeness (QED) is 0.477. The Labute approximate surface area is 121 Å². The Morgan fingerprint density at radius 3 is 2.65 bits per heavy atom. The lowest BCUT2D eigenvalue weighted by Crippen LogP contribution is -2.65. The van der Waals surface area contributed by atoms with Crippen LogP contribution in [0.1, 0.15) is 40.0 Å². The number of hydrogen-bond donors (Lipinski definition) is 0. The Hall–Kier alpha value is -0.710. The number of nitriles is 1. The van der Waals surface area contributed by atoms with Crippen LogP contribution in [0.2, 0.25) is 0 Å². The van der Waals surface area contributed by atoms with Crippen LogP contribution in [-0.4, -0.2) is 50.1 Å². The van der Waals surface area contributed by atoms with Crippen molar-refractivity contribution in [1.29, 1.82) is 5.26 Å². The van der Waals surface area contributed by atoms with Gasteiger partial charge in [-0.05, 0) is 19.8 Å². The lowest BCUT2D eigenvalue weighted by atomic mass is 10.2. The summed E-state index contributed by atoms with van der Waals surface area (Å²) in [6.45, 7) is 8.40. The largest absolute Gasteiger partial charge is 0.355 e. The number of unbranched alkanes of at least 4 members (excludes halogenated alkanes) is 1. The third kappa shape index (κ3) is 4.14. The highest BCUT2D eigenvalue weighted by Crippen LogP contribution is 2.30. The van der Waals surface area contributed by atoms with Gasteiger partial charge < -0.3 is 14.2 Å². The van der Waals surface area contributed by atoms with E-state index in [2.05, 4.69) is 13.0 Å². The molecule has 1 aliphatic heterocycles. The van der Waals surface area contributed by atoms with E-state index in [0.717, 1.165) is 19.3 Å². The van der Waals surface area contributed by atoms with Crippen molar-refractivity contribution in [3.05, 3.63) is 0 Å². The van der Waals surface area contributed by atoms with Crippen molar-refractivity contribution in [1.82, 2.24) is 5.06 Å². The first-order chi connectivity index (χ1) is 9.75. The highest BCUT2D eigenvalue weighted by molar-refractivity contribution is 4.97. The number of hydrogen-bond acceptors (Lipinski definition) is 6. The van der Waals surface area contributed by atoms with Crippen LogP contribution >= 0.6 is 0 Å². The van der Waals surface area contributed by atoms with Crippen LogP contribution in [0, 0.1) is 11.3 Å². The molecule has 0 aromatic heterocycles. The van der Waals surface area contributed by atoms with Gasteiger partial charge in [0.05, 0.1) is 26.4 Å². The van der Waals surface area contributed by atoms with E-state index in [1.807, 2.05) is 13.8 Å². The predicted molar refractivity (Wildman–Crippen MR) is 73.5 cm³/mol. The molecule has 6 heteroatoms. The summed E-state index contributed by atoms with van der Waals surface area (Å²) in [5.74, 6) is -1.26. The van der Waals surface area contributed by atoms with Crippen molar-refractivity contribution in [3.8, 4) is 6.07 Å². The fourth-order valence-corrected chi connectivity index (χ4v) is 2.03. The molecule has 0 aliphatic carbocycles. The van der Waals surface area contributed by atoms with E-state index >= 15 is 0 Å². The maximum absolute atomic E-state index is 9.34. The van der Waals surface area contributed by atoms with Crippen LogP contribution in [0.3, 0.4) is 0 Å². The Morgan fingerprint density at radius 2 is 2.05 bits per heavy atom. The van der Waals surface area contributed by atoms with E-state index in [1.54, 1.807) is 5.06 Å². The van der Waals surface area contributed by atoms with Gasteiger partial charge in [0.15, 0.2) is 0 Å². The summed E-state index contributed by atoms with van der Waals surface area (Å²) in [6.07, 6.45) is 1.97. The molecule has 1 heterocycles. The third-order valence-corrected chi connectivity index (χ3v) is 2.98. The van der Waals surface area contributed by atoms with Crippen molar-refractivity contribution in [2.24, 2.45) is 0 Å². The first-order valence-corrected chi connectivity index (χ1v) is 7.44. The average molecular weight is 286 g/mol. The van der Waals surface area contributed by atoms with Crippen molar-refractivity contribution in [3.63, 3.8) is 0 Å². The summed E-state index contributed by atoms with van der Waals surface area (Å²) < 4.78 is 17.2. The van der Waals surface area contributed by atoms with E-state index < -0.39 is 12.0 Å². The Kier molecular flexibility index (Phi) is 8.04. The number of ether oxygens (including phenoxy) is 3. The van der Waals surface area contributed by atoms with Gasteiger partial charge in [0, 0.05) is 6.61 Å². The summed E-state index contributed by atoms with van der Waals surface area (Å²) in [5, 5.41) is 11.0. The summed E-state index contributed by atoms with van der Waals surface area (Å²) >= 11 is 0. The predicted octanol–water partition coefficient (Wildman–Crippen LogP) is 2.06. The molecule has 0 amide bonds. The lowest BCUT2D eigenvalue weighted by molar-refractivity contribution is -0.447. The highest BCUT2D eigenvalue weighted by Gasteiger charge is 2.52. The van der Waals surface area contributed by atoms with Gasteiger partial charge >= 0.3 is 0 Å². The van der Waals surface area contributed by atoms with E-state index in [-0.39, 0.29) is 0 Å². The smallest absolute Gasteiger partial charge is 0.294 e. The maximum atomic E-state index is 9.34. The normalized spacial score (nSPS) is 27.4. The topological polar surface area (TPSA) is 64.0 Å². The standard InChI is InChI=1S/C14H26N2O4/c1-4-7-10-19-14(18-6-3)13(12-15)17-11-8-16(14)20-9-5-2/h13H,4-11H2,1-3H3. The molecule has 20 heavy (non-hydrogen) atoms. The molecule has 0 radical (unpaired) electrons. The van der Waals surface area contributed by atoms with Gasteiger partial charge in [-0.2, -0.15) is 5.26 Å². The minimum absolute atomic E-state index is 0.416. The molecule has 0 aromatic rings. The molecule has 0 saturated carbocycles. The second kappa shape index (κ2) is 9.27. The molecule has 116 valence electrons.